The normalized spacial score (nSPS) is 16.8. The Hall–Kier alpha value is -2.08. The lowest BCUT2D eigenvalue weighted by molar-refractivity contribution is -0.152. The Labute approximate surface area is 163 Å². The van der Waals surface area contributed by atoms with E-state index in [0.717, 1.165) is 39.0 Å². The standard InChI is InChI=1S/C21H34N4O2/c1-5-22-20(23-15-19(26)27-21(2,3)4)24-18-11-13-25(14-12-18)16-17-9-7-6-8-10-17/h6-10,18H,5,11-16H2,1-4H3,(H2,22,23,24). The molecule has 2 rings (SSSR count). The van der Waals surface area contributed by atoms with Crippen LogP contribution in [0.15, 0.2) is 35.3 Å². The van der Waals surface area contributed by atoms with Crippen molar-refractivity contribution in [1.82, 2.24) is 15.5 Å². The van der Waals surface area contributed by atoms with Gasteiger partial charge in [-0.05, 0) is 46.1 Å². The molecule has 1 aromatic rings. The molecule has 27 heavy (non-hydrogen) atoms. The molecule has 150 valence electrons. The molecule has 0 atom stereocenters. The Kier molecular flexibility index (Phi) is 8.10. The van der Waals surface area contributed by atoms with Crippen LogP contribution in [0.4, 0.5) is 0 Å². The van der Waals surface area contributed by atoms with Gasteiger partial charge in [-0.1, -0.05) is 30.3 Å². The van der Waals surface area contributed by atoms with Crippen molar-refractivity contribution in [3.8, 4) is 0 Å². The summed E-state index contributed by atoms with van der Waals surface area (Å²) in [7, 11) is 0. The molecule has 0 radical (unpaired) electrons. The summed E-state index contributed by atoms with van der Waals surface area (Å²) in [6, 6.07) is 11.0. The molecule has 0 spiro atoms. The van der Waals surface area contributed by atoms with Crippen molar-refractivity contribution >= 4 is 11.9 Å². The third-order valence-corrected chi connectivity index (χ3v) is 4.31. The third-order valence-electron chi connectivity index (χ3n) is 4.31. The molecule has 0 aromatic heterocycles. The fraction of sp³-hybridized carbons (Fsp3) is 0.619. The van der Waals surface area contributed by atoms with Crippen LogP contribution in [-0.2, 0) is 16.1 Å². The number of guanidine groups is 1. The Morgan fingerprint density at radius 3 is 2.48 bits per heavy atom. The molecule has 0 aliphatic carbocycles. The number of nitrogens with zero attached hydrogens (tertiary/aromatic N) is 2. The van der Waals surface area contributed by atoms with E-state index in [4.69, 9.17) is 4.74 Å². The highest BCUT2D eigenvalue weighted by molar-refractivity contribution is 5.83. The minimum atomic E-state index is -0.482. The highest BCUT2D eigenvalue weighted by atomic mass is 16.6. The van der Waals surface area contributed by atoms with Crippen LogP contribution in [0, 0.1) is 0 Å². The summed E-state index contributed by atoms with van der Waals surface area (Å²) in [5, 5.41) is 6.68. The topological polar surface area (TPSA) is 66.0 Å². The number of esters is 1. The maximum absolute atomic E-state index is 11.9. The second kappa shape index (κ2) is 10.3. The fourth-order valence-corrected chi connectivity index (χ4v) is 3.11. The van der Waals surface area contributed by atoms with Crippen molar-refractivity contribution in [3.63, 3.8) is 0 Å². The van der Waals surface area contributed by atoms with Crippen molar-refractivity contribution in [2.24, 2.45) is 4.99 Å². The number of aliphatic imine (C=N–C) groups is 1. The van der Waals surface area contributed by atoms with E-state index in [9.17, 15) is 4.79 Å². The van der Waals surface area contributed by atoms with Gasteiger partial charge in [0, 0.05) is 32.2 Å². The highest BCUT2D eigenvalue weighted by Gasteiger charge is 2.20. The molecule has 1 heterocycles. The van der Waals surface area contributed by atoms with Gasteiger partial charge >= 0.3 is 5.97 Å². The molecule has 0 bridgehead atoms. The minimum Gasteiger partial charge on any atom is -0.459 e. The third kappa shape index (κ3) is 8.43. The highest BCUT2D eigenvalue weighted by Crippen LogP contribution is 2.14. The van der Waals surface area contributed by atoms with Crippen molar-refractivity contribution in [3.05, 3.63) is 35.9 Å². The van der Waals surface area contributed by atoms with Crippen molar-refractivity contribution in [2.75, 3.05) is 26.2 Å². The number of likely N-dealkylation sites (tertiary alicyclic amines) is 1. The Balaban J connectivity index is 1.79. The molecule has 6 nitrogen and oxygen atoms in total. The van der Waals surface area contributed by atoms with Gasteiger partial charge in [0.1, 0.15) is 12.1 Å². The van der Waals surface area contributed by atoms with Gasteiger partial charge in [0.05, 0.1) is 0 Å². The van der Waals surface area contributed by atoms with Gasteiger partial charge in [-0.3, -0.25) is 9.69 Å². The number of carbonyl (C=O) groups is 1. The summed E-state index contributed by atoms with van der Waals surface area (Å²) < 4.78 is 5.32. The van der Waals surface area contributed by atoms with Gasteiger partial charge in [-0.25, -0.2) is 4.99 Å². The Bertz CT molecular complexity index is 602. The van der Waals surface area contributed by atoms with Crippen LogP contribution in [0.2, 0.25) is 0 Å². The summed E-state index contributed by atoms with van der Waals surface area (Å²) in [5.74, 6) is 0.377. The zero-order valence-corrected chi connectivity index (χ0v) is 17.1. The molecule has 0 amide bonds. The molecule has 1 aliphatic rings. The molecule has 6 heteroatoms. The molecule has 0 saturated carbocycles. The van der Waals surface area contributed by atoms with Gasteiger partial charge in [0.15, 0.2) is 5.96 Å². The van der Waals surface area contributed by atoms with E-state index >= 15 is 0 Å². The zero-order valence-electron chi connectivity index (χ0n) is 17.1. The minimum absolute atomic E-state index is 0.0272. The lowest BCUT2D eigenvalue weighted by Crippen LogP contribution is -2.48. The Morgan fingerprint density at radius 2 is 1.89 bits per heavy atom. The van der Waals surface area contributed by atoms with Gasteiger partial charge in [0.25, 0.3) is 0 Å². The molecule has 2 N–H and O–H groups in total. The molecule has 1 saturated heterocycles. The van der Waals surface area contributed by atoms with Crippen LogP contribution in [0.5, 0.6) is 0 Å². The fourth-order valence-electron chi connectivity index (χ4n) is 3.11. The number of carbonyl (C=O) groups excluding carboxylic acids is 1. The van der Waals surface area contributed by atoms with Gasteiger partial charge in [-0.15, -0.1) is 0 Å². The number of piperidine rings is 1. The Morgan fingerprint density at radius 1 is 1.22 bits per heavy atom. The number of nitrogens with one attached hydrogen (secondary N) is 2. The smallest absolute Gasteiger partial charge is 0.328 e. The molecular formula is C21H34N4O2. The van der Waals surface area contributed by atoms with Crippen LogP contribution >= 0.6 is 0 Å². The maximum atomic E-state index is 11.9. The summed E-state index contributed by atoms with van der Waals surface area (Å²) in [6.45, 7) is 11.5. The average molecular weight is 375 g/mol. The molecule has 1 aromatic carbocycles. The summed E-state index contributed by atoms with van der Waals surface area (Å²) in [4.78, 5) is 18.8. The lowest BCUT2D eigenvalue weighted by atomic mass is 10.0. The number of hydrogen-bond acceptors (Lipinski definition) is 4. The number of benzene rings is 1. The lowest BCUT2D eigenvalue weighted by Gasteiger charge is -2.33. The first-order valence-corrected chi connectivity index (χ1v) is 9.88. The van der Waals surface area contributed by atoms with Crippen molar-refractivity contribution < 1.29 is 9.53 Å². The van der Waals surface area contributed by atoms with Crippen LogP contribution < -0.4 is 10.6 Å². The van der Waals surface area contributed by atoms with E-state index in [1.165, 1.54) is 5.56 Å². The summed E-state index contributed by atoms with van der Waals surface area (Å²) in [6.07, 6.45) is 2.12. The van der Waals surface area contributed by atoms with Crippen LogP contribution in [0.1, 0.15) is 46.1 Å². The quantitative estimate of drug-likeness (QED) is 0.455. The van der Waals surface area contributed by atoms with E-state index in [1.807, 2.05) is 27.7 Å². The van der Waals surface area contributed by atoms with Crippen LogP contribution in [0.25, 0.3) is 0 Å². The summed E-state index contributed by atoms with van der Waals surface area (Å²) >= 11 is 0. The van der Waals surface area contributed by atoms with Gasteiger partial charge in [0.2, 0.25) is 0 Å². The summed E-state index contributed by atoms with van der Waals surface area (Å²) in [5.41, 5.74) is 0.875. The number of hydrogen-bond donors (Lipinski definition) is 2. The van der Waals surface area contributed by atoms with Crippen LogP contribution in [-0.4, -0.2) is 54.7 Å². The number of rotatable bonds is 6. The second-order valence-electron chi connectivity index (χ2n) is 7.96. The van der Waals surface area contributed by atoms with E-state index in [0.29, 0.717) is 12.0 Å². The monoisotopic (exact) mass is 374 g/mol. The van der Waals surface area contributed by atoms with Crippen molar-refractivity contribution in [2.45, 2.75) is 58.7 Å². The maximum Gasteiger partial charge on any atom is 0.328 e. The second-order valence-corrected chi connectivity index (χ2v) is 7.96. The van der Waals surface area contributed by atoms with Crippen molar-refractivity contribution in [1.29, 1.82) is 0 Å². The molecule has 1 fully saturated rings. The first-order chi connectivity index (χ1) is 12.9. The van der Waals surface area contributed by atoms with Crippen LogP contribution in [0.3, 0.4) is 0 Å². The first kappa shape index (κ1) is 21.2. The van der Waals surface area contributed by atoms with E-state index in [2.05, 4.69) is 50.9 Å². The average Bonchev–Trinajstić information content (AvgIpc) is 2.61. The van der Waals surface area contributed by atoms with E-state index < -0.39 is 5.60 Å². The SMILES string of the molecule is CCNC(=NCC(=O)OC(C)(C)C)NC1CCN(Cc2ccccc2)CC1. The van der Waals surface area contributed by atoms with E-state index in [1.54, 1.807) is 0 Å². The molecule has 0 unspecified atom stereocenters. The molecule has 1 aliphatic heterocycles. The first-order valence-electron chi connectivity index (χ1n) is 9.88. The molecular weight excluding hydrogens is 340 g/mol. The predicted octanol–water partition coefficient (Wildman–Crippen LogP) is 2.55. The predicted molar refractivity (Wildman–Crippen MR) is 110 cm³/mol. The van der Waals surface area contributed by atoms with Gasteiger partial charge in [-0.2, -0.15) is 0 Å². The van der Waals surface area contributed by atoms with E-state index in [-0.39, 0.29) is 12.5 Å². The largest absolute Gasteiger partial charge is 0.459 e. The number of ether oxygens (including phenoxy) is 1. The van der Waals surface area contributed by atoms with Gasteiger partial charge < -0.3 is 15.4 Å². The zero-order chi connectivity index (χ0) is 19.7.